The highest BCUT2D eigenvalue weighted by atomic mass is 16.5. The third-order valence-corrected chi connectivity index (χ3v) is 5.23. The van der Waals surface area contributed by atoms with E-state index in [1.54, 1.807) is 7.11 Å². The van der Waals surface area contributed by atoms with Crippen molar-refractivity contribution in [1.29, 1.82) is 0 Å². The lowest BCUT2D eigenvalue weighted by Crippen LogP contribution is -2.44. The van der Waals surface area contributed by atoms with E-state index >= 15 is 0 Å². The van der Waals surface area contributed by atoms with Gasteiger partial charge in [-0.15, -0.1) is 6.42 Å². The minimum atomic E-state index is -0.496. The van der Waals surface area contributed by atoms with E-state index in [1.807, 2.05) is 37.3 Å². The molecule has 0 saturated heterocycles. The minimum absolute atomic E-state index is 0.0524. The van der Waals surface area contributed by atoms with Gasteiger partial charge in [0, 0.05) is 6.54 Å². The van der Waals surface area contributed by atoms with E-state index in [4.69, 9.17) is 15.9 Å². The van der Waals surface area contributed by atoms with E-state index in [0.717, 1.165) is 30.4 Å². The first kappa shape index (κ1) is 18.8. The second-order valence-electron chi connectivity index (χ2n) is 7.00. The molecule has 0 heterocycles. The van der Waals surface area contributed by atoms with Gasteiger partial charge in [0.1, 0.15) is 6.61 Å². The Morgan fingerprint density at radius 3 is 2.85 bits per heavy atom. The maximum absolute atomic E-state index is 13.0. The van der Waals surface area contributed by atoms with E-state index < -0.39 is 5.41 Å². The van der Waals surface area contributed by atoms with Crippen LogP contribution in [-0.4, -0.2) is 19.6 Å². The molecule has 4 heteroatoms. The predicted octanol–water partition coefficient (Wildman–Crippen LogP) is 3.62. The summed E-state index contributed by atoms with van der Waals surface area (Å²) in [6, 6.07) is 13.8. The minimum Gasteiger partial charge on any atom is -0.493 e. The van der Waals surface area contributed by atoms with Crippen LogP contribution >= 0.6 is 0 Å². The molecule has 27 heavy (non-hydrogen) atoms. The molecule has 3 rings (SSSR count). The van der Waals surface area contributed by atoms with Crippen molar-refractivity contribution >= 4 is 5.91 Å². The molecule has 0 saturated carbocycles. The lowest BCUT2D eigenvalue weighted by Gasteiger charge is -2.34. The first-order valence-electron chi connectivity index (χ1n) is 9.18. The van der Waals surface area contributed by atoms with Crippen molar-refractivity contribution in [1.82, 2.24) is 5.32 Å². The number of carbonyl (C=O) groups is 1. The van der Waals surface area contributed by atoms with Crippen LogP contribution in [-0.2, 0) is 23.2 Å². The normalized spacial score (nSPS) is 18.1. The smallest absolute Gasteiger partial charge is 0.230 e. The van der Waals surface area contributed by atoms with Crippen molar-refractivity contribution in [3.05, 3.63) is 59.2 Å². The first-order chi connectivity index (χ1) is 13.1. The average Bonchev–Trinajstić information content (AvgIpc) is 2.70. The summed E-state index contributed by atoms with van der Waals surface area (Å²) in [5.74, 6) is 3.70. The number of hydrogen-bond acceptors (Lipinski definition) is 3. The van der Waals surface area contributed by atoms with Gasteiger partial charge in [-0.3, -0.25) is 4.79 Å². The fourth-order valence-electron chi connectivity index (χ4n) is 3.72. The maximum Gasteiger partial charge on any atom is 0.230 e. The van der Waals surface area contributed by atoms with E-state index in [0.29, 0.717) is 18.0 Å². The number of carbonyl (C=O) groups excluding carboxylic acids is 1. The number of amides is 1. The van der Waals surface area contributed by atoms with Crippen LogP contribution in [0.3, 0.4) is 0 Å². The van der Waals surface area contributed by atoms with Gasteiger partial charge in [-0.25, -0.2) is 0 Å². The SMILES string of the molecule is C#CCOc1cc(CNC(=O)C2(C)CCCc3ccccc32)ccc1OC. The van der Waals surface area contributed by atoms with Gasteiger partial charge in [-0.2, -0.15) is 0 Å². The fourth-order valence-corrected chi connectivity index (χ4v) is 3.72. The molecular weight excluding hydrogens is 338 g/mol. The third-order valence-electron chi connectivity index (χ3n) is 5.23. The highest BCUT2D eigenvalue weighted by Crippen LogP contribution is 2.37. The van der Waals surface area contributed by atoms with Crippen molar-refractivity contribution in [3.8, 4) is 23.8 Å². The van der Waals surface area contributed by atoms with Gasteiger partial charge in [0.15, 0.2) is 11.5 Å². The quantitative estimate of drug-likeness (QED) is 0.798. The topological polar surface area (TPSA) is 47.6 Å². The summed E-state index contributed by atoms with van der Waals surface area (Å²) in [5, 5.41) is 3.10. The highest BCUT2D eigenvalue weighted by molar-refractivity contribution is 5.88. The number of fused-ring (bicyclic) bond motifs is 1. The van der Waals surface area contributed by atoms with Crippen molar-refractivity contribution < 1.29 is 14.3 Å². The van der Waals surface area contributed by atoms with Crippen LogP contribution in [0.15, 0.2) is 42.5 Å². The summed E-state index contributed by atoms with van der Waals surface area (Å²) in [6.07, 6.45) is 8.18. The van der Waals surface area contributed by atoms with Gasteiger partial charge in [0.25, 0.3) is 0 Å². The molecule has 0 fully saturated rings. The second kappa shape index (κ2) is 8.18. The molecule has 140 valence electrons. The van der Waals surface area contributed by atoms with Crippen LogP contribution in [0.2, 0.25) is 0 Å². The van der Waals surface area contributed by atoms with Gasteiger partial charge in [-0.1, -0.05) is 36.3 Å². The van der Waals surface area contributed by atoms with Gasteiger partial charge >= 0.3 is 0 Å². The van der Waals surface area contributed by atoms with E-state index in [1.165, 1.54) is 5.56 Å². The molecule has 4 nitrogen and oxygen atoms in total. The Labute approximate surface area is 160 Å². The summed E-state index contributed by atoms with van der Waals surface area (Å²) in [6.45, 7) is 2.63. The fraction of sp³-hybridized carbons (Fsp3) is 0.348. The molecule has 2 aromatic rings. The molecule has 0 spiro atoms. The molecule has 1 unspecified atom stereocenters. The van der Waals surface area contributed by atoms with Crippen molar-refractivity contribution in [3.63, 3.8) is 0 Å². The molecule has 1 amide bonds. The number of terminal acetylenes is 1. The predicted molar refractivity (Wildman–Crippen MR) is 106 cm³/mol. The summed E-state index contributed by atoms with van der Waals surface area (Å²) >= 11 is 0. The Morgan fingerprint density at radius 1 is 1.26 bits per heavy atom. The number of nitrogens with one attached hydrogen (secondary N) is 1. The number of rotatable bonds is 6. The molecule has 1 aliphatic carbocycles. The van der Waals surface area contributed by atoms with Crippen LogP contribution in [0.4, 0.5) is 0 Å². The van der Waals surface area contributed by atoms with Gasteiger partial charge in [0.05, 0.1) is 12.5 Å². The van der Waals surface area contributed by atoms with Gasteiger partial charge in [-0.05, 0) is 55.0 Å². The zero-order valence-corrected chi connectivity index (χ0v) is 15.9. The summed E-state index contributed by atoms with van der Waals surface area (Å²) in [4.78, 5) is 13.0. The lowest BCUT2D eigenvalue weighted by molar-refractivity contribution is -0.126. The Morgan fingerprint density at radius 2 is 2.07 bits per heavy atom. The standard InChI is InChI=1S/C23H25NO3/c1-4-14-27-21-15-17(11-12-20(21)26-3)16-24-22(25)23(2)13-7-9-18-8-5-6-10-19(18)23/h1,5-6,8,10-12,15H,7,9,13-14,16H2,2-3H3,(H,24,25). The van der Waals surface area contributed by atoms with Crippen LogP contribution < -0.4 is 14.8 Å². The van der Waals surface area contributed by atoms with E-state index in [-0.39, 0.29) is 12.5 Å². The Balaban J connectivity index is 1.74. The number of aryl methyl sites for hydroxylation is 1. The Hall–Kier alpha value is -2.93. The zero-order valence-electron chi connectivity index (χ0n) is 15.9. The number of methoxy groups -OCH3 is 1. The summed E-state index contributed by atoms with van der Waals surface area (Å²) in [7, 11) is 1.58. The number of hydrogen-bond donors (Lipinski definition) is 1. The van der Waals surface area contributed by atoms with E-state index in [9.17, 15) is 4.79 Å². The molecule has 0 radical (unpaired) electrons. The molecule has 0 bridgehead atoms. The van der Waals surface area contributed by atoms with Crippen molar-refractivity contribution in [2.75, 3.05) is 13.7 Å². The van der Waals surface area contributed by atoms with Gasteiger partial charge < -0.3 is 14.8 Å². The lowest BCUT2D eigenvalue weighted by atomic mass is 9.70. The van der Waals surface area contributed by atoms with Crippen LogP contribution in [0.25, 0.3) is 0 Å². The second-order valence-corrected chi connectivity index (χ2v) is 7.00. The summed E-state index contributed by atoms with van der Waals surface area (Å²) < 4.78 is 10.8. The molecule has 1 N–H and O–H groups in total. The van der Waals surface area contributed by atoms with Crippen molar-refractivity contribution in [2.45, 2.75) is 38.1 Å². The van der Waals surface area contributed by atoms with Crippen LogP contribution in [0.1, 0.15) is 36.5 Å². The third kappa shape index (κ3) is 3.93. The molecule has 0 aliphatic heterocycles. The van der Waals surface area contributed by atoms with Crippen LogP contribution in [0, 0.1) is 12.3 Å². The largest absolute Gasteiger partial charge is 0.493 e. The number of benzene rings is 2. The zero-order chi connectivity index (χ0) is 19.3. The Bertz CT molecular complexity index is 868. The molecule has 1 aliphatic rings. The molecular formula is C23H25NO3. The summed E-state index contributed by atoms with van der Waals surface area (Å²) in [5.41, 5.74) is 2.85. The monoisotopic (exact) mass is 363 g/mol. The van der Waals surface area contributed by atoms with E-state index in [2.05, 4.69) is 23.4 Å². The van der Waals surface area contributed by atoms with Crippen molar-refractivity contribution in [2.24, 2.45) is 0 Å². The Kier molecular flexibility index (Phi) is 5.71. The molecule has 0 aromatic heterocycles. The van der Waals surface area contributed by atoms with Crippen LogP contribution in [0.5, 0.6) is 11.5 Å². The van der Waals surface area contributed by atoms with Gasteiger partial charge in [0.2, 0.25) is 5.91 Å². The number of ether oxygens (including phenoxy) is 2. The maximum atomic E-state index is 13.0. The average molecular weight is 363 g/mol. The first-order valence-corrected chi connectivity index (χ1v) is 9.18. The molecule has 2 aromatic carbocycles. The highest BCUT2D eigenvalue weighted by Gasteiger charge is 2.38. The molecule has 1 atom stereocenters.